The Morgan fingerprint density at radius 3 is 2.20 bits per heavy atom. The standard InChI is InChI=1S/C18H22ClN3O3/c1-10(2)22-11(3)8-14(12(22)4)17(23)20-21-18(24)15-9-13(19)6-7-16(15)25-5/h6-10H,1-5H3,(H,20,23)(H,21,24). The third kappa shape index (κ3) is 3.96. The summed E-state index contributed by atoms with van der Waals surface area (Å²) in [6.45, 7) is 7.92. The van der Waals surface area contributed by atoms with E-state index in [2.05, 4.69) is 29.3 Å². The molecule has 0 saturated carbocycles. The van der Waals surface area contributed by atoms with Crippen molar-refractivity contribution >= 4 is 23.4 Å². The van der Waals surface area contributed by atoms with E-state index in [0.29, 0.717) is 16.3 Å². The largest absolute Gasteiger partial charge is 0.496 e. The Hall–Kier alpha value is -2.47. The molecule has 25 heavy (non-hydrogen) atoms. The fourth-order valence-corrected chi connectivity index (χ4v) is 3.08. The summed E-state index contributed by atoms with van der Waals surface area (Å²) in [5.41, 5.74) is 7.43. The van der Waals surface area contributed by atoms with Crippen LogP contribution in [-0.2, 0) is 0 Å². The Labute approximate surface area is 152 Å². The summed E-state index contributed by atoms with van der Waals surface area (Å²) in [5.74, 6) is -0.520. The first-order chi connectivity index (χ1) is 11.8. The number of benzene rings is 1. The molecule has 0 radical (unpaired) electrons. The molecule has 1 aromatic carbocycles. The molecule has 2 aromatic rings. The van der Waals surface area contributed by atoms with Gasteiger partial charge >= 0.3 is 0 Å². The second-order valence-corrected chi connectivity index (χ2v) is 6.44. The first-order valence-electron chi connectivity index (χ1n) is 7.89. The SMILES string of the molecule is COc1ccc(Cl)cc1C(=O)NNC(=O)c1cc(C)n(C(C)C)c1C. The predicted molar refractivity (Wildman–Crippen MR) is 97.2 cm³/mol. The highest BCUT2D eigenvalue weighted by Crippen LogP contribution is 2.22. The maximum Gasteiger partial charge on any atom is 0.273 e. The molecule has 0 bridgehead atoms. The molecule has 1 heterocycles. The highest BCUT2D eigenvalue weighted by molar-refractivity contribution is 6.31. The van der Waals surface area contributed by atoms with Crippen LogP contribution in [0, 0.1) is 13.8 Å². The topological polar surface area (TPSA) is 72.4 Å². The number of halogens is 1. The number of nitrogens with zero attached hydrogens (tertiary/aromatic N) is 1. The quantitative estimate of drug-likeness (QED) is 0.817. The Morgan fingerprint density at radius 2 is 1.68 bits per heavy atom. The molecule has 2 N–H and O–H groups in total. The van der Waals surface area contributed by atoms with Gasteiger partial charge in [0.2, 0.25) is 0 Å². The number of aryl methyl sites for hydroxylation is 1. The van der Waals surface area contributed by atoms with Gasteiger partial charge in [-0.2, -0.15) is 0 Å². The van der Waals surface area contributed by atoms with Gasteiger partial charge < -0.3 is 9.30 Å². The molecule has 0 aliphatic heterocycles. The lowest BCUT2D eigenvalue weighted by molar-refractivity contribution is 0.0844. The number of hydrogen-bond donors (Lipinski definition) is 2. The Kier molecular flexibility index (Phi) is 5.74. The van der Waals surface area contributed by atoms with E-state index in [4.69, 9.17) is 16.3 Å². The van der Waals surface area contributed by atoms with Crippen molar-refractivity contribution in [3.8, 4) is 5.75 Å². The van der Waals surface area contributed by atoms with E-state index >= 15 is 0 Å². The molecule has 0 fully saturated rings. The first-order valence-corrected chi connectivity index (χ1v) is 8.26. The van der Waals surface area contributed by atoms with Gasteiger partial charge in [0.15, 0.2) is 0 Å². The number of rotatable bonds is 4. The van der Waals surface area contributed by atoms with E-state index in [-0.39, 0.29) is 17.5 Å². The van der Waals surface area contributed by atoms with Crippen LogP contribution in [0.4, 0.5) is 0 Å². The third-order valence-corrected chi connectivity index (χ3v) is 4.18. The predicted octanol–water partition coefficient (Wildman–Crippen LogP) is 3.42. The van der Waals surface area contributed by atoms with Crippen molar-refractivity contribution in [1.82, 2.24) is 15.4 Å². The molecule has 6 nitrogen and oxygen atoms in total. The number of nitrogens with one attached hydrogen (secondary N) is 2. The molecule has 0 spiro atoms. The van der Waals surface area contributed by atoms with E-state index in [1.807, 2.05) is 13.8 Å². The van der Waals surface area contributed by atoms with Gasteiger partial charge in [-0.15, -0.1) is 0 Å². The number of carbonyl (C=O) groups is 2. The molecule has 0 unspecified atom stereocenters. The average molecular weight is 364 g/mol. The van der Waals surface area contributed by atoms with Gasteiger partial charge in [0.25, 0.3) is 11.8 Å². The fraction of sp³-hybridized carbons (Fsp3) is 0.333. The van der Waals surface area contributed by atoms with Crippen LogP contribution in [0.1, 0.15) is 52.0 Å². The number of ether oxygens (including phenoxy) is 1. The summed E-state index contributed by atoms with van der Waals surface area (Å²) in [6, 6.07) is 6.74. The van der Waals surface area contributed by atoms with Crippen molar-refractivity contribution in [2.75, 3.05) is 7.11 Å². The zero-order valence-electron chi connectivity index (χ0n) is 14.9. The zero-order chi connectivity index (χ0) is 18.7. The molecule has 0 saturated heterocycles. The minimum atomic E-state index is -0.509. The van der Waals surface area contributed by atoms with Crippen molar-refractivity contribution in [3.63, 3.8) is 0 Å². The minimum Gasteiger partial charge on any atom is -0.496 e. The Morgan fingerprint density at radius 1 is 1.08 bits per heavy atom. The van der Waals surface area contributed by atoms with Crippen LogP contribution in [0.25, 0.3) is 0 Å². The number of hydrazine groups is 1. The third-order valence-electron chi connectivity index (χ3n) is 3.94. The van der Waals surface area contributed by atoms with Gasteiger partial charge in [-0.25, -0.2) is 0 Å². The molecule has 0 aliphatic rings. The van der Waals surface area contributed by atoms with Crippen LogP contribution in [0.2, 0.25) is 5.02 Å². The molecule has 2 amide bonds. The molecule has 1 aromatic heterocycles. The Bertz CT molecular complexity index is 812. The number of carbonyl (C=O) groups excluding carboxylic acids is 2. The van der Waals surface area contributed by atoms with Gasteiger partial charge in [0.1, 0.15) is 5.75 Å². The molecule has 0 atom stereocenters. The van der Waals surface area contributed by atoms with Crippen LogP contribution in [-0.4, -0.2) is 23.5 Å². The number of aromatic nitrogens is 1. The minimum absolute atomic E-state index is 0.239. The summed E-state index contributed by atoms with van der Waals surface area (Å²) in [4.78, 5) is 24.7. The van der Waals surface area contributed by atoms with Crippen LogP contribution < -0.4 is 15.6 Å². The lowest BCUT2D eigenvalue weighted by Gasteiger charge is -2.14. The molecular formula is C18H22ClN3O3. The van der Waals surface area contributed by atoms with E-state index in [1.54, 1.807) is 18.2 Å². The van der Waals surface area contributed by atoms with E-state index in [1.165, 1.54) is 13.2 Å². The molecule has 2 rings (SSSR count). The lowest BCUT2D eigenvalue weighted by Crippen LogP contribution is -2.41. The van der Waals surface area contributed by atoms with Crippen LogP contribution in [0.15, 0.2) is 24.3 Å². The Balaban J connectivity index is 2.14. The van der Waals surface area contributed by atoms with Crippen LogP contribution in [0.3, 0.4) is 0 Å². The second kappa shape index (κ2) is 7.61. The average Bonchev–Trinajstić information content (AvgIpc) is 2.86. The summed E-state index contributed by atoms with van der Waals surface area (Å²) in [6.07, 6.45) is 0. The van der Waals surface area contributed by atoms with Crippen molar-refractivity contribution in [2.45, 2.75) is 33.7 Å². The summed E-state index contributed by atoms with van der Waals surface area (Å²) >= 11 is 5.92. The van der Waals surface area contributed by atoms with Crippen LogP contribution in [0.5, 0.6) is 5.75 Å². The number of hydrogen-bond acceptors (Lipinski definition) is 3. The van der Waals surface area contributed by atoms with E-state index in [0.717, 1.165) is 11.4 Å². The second-order valence-electron chi connectivity index (χ2n) is 6.00. The number of methoxy groups -OCH3 is 1. The molecule has 7 heteroatoms. The van der Waals surface area contributed by atoms with Gasteiger partial charge in [0.05, 0.1) is 18.2 Å². The van der Waals surface area contributed by atoms with Gasteiger partial charge in [-0.1, -0.05) is 11.6 Å². The normalized spacial score (nSPS) is 10.7. The van der Waals surface area contributed by atoms with Crippen LogP contribution >= 0.6 is 11.6 Å². The van der Waals surface area contributed by atoms with E-state index in [9.17, 15) is 9.59 Å². The highest BCUT2D eigenvalue weighted by Gasteiger charge is 2.19. The molecule has 134 valence electrons. The van der Waals surface area contributed by atoms with Gasteiger partial charge in [-0.05, 0) is 52.0 Å². The summed E-state index contributed by atoms with van der Waals surface area (Å²) in [7, 11) is 1.46. The van der Waals surface area contributed by atoms with Crippen molar-refractivity contribution in [3.05, 3.63) is 51.8 Å². The fourth-order valence-electron chi connectivity index (χ4n) is 2.91. The maximum atomic E-state index is 12.4. The summed E-state index contributed by atoms with van der Waals surface area (Å²) < 4.78 is 7.21. The maximum absolute atomic E-state index is 12.4. The lowest BCUT2D eigenvalue weighted by atomic mass is 10.2. The number of amides is 2. The van der Waals surface area contributed by atoms with Gasteiger partial charge in [0, 0.05) is 22.5 Å². The summed E-state index contributed by atoms with van der Waals surface area (Å²) in [5, 5.41) is 0.401. The van der Waals surface area contributed by atoms with Crippen molar-refractivity contribution in [1.29, 1.82) is 0 Å². The monoisotopic (exact) mass is 363 g/mol. The zero-order valence-corrected chi connectivity index (χ0v) is 15.7. The van der Waals surface area contributed by atoms with Gasteiger partial charge in [-0.3, -0.25) is 20.4 Å². The first kappa shape index (κ1) is 18.9. The van der Waals surface area contributed by atoms with Crippen molar-refractivity contribution < 1.29 is 14.3 Å². The van der Waals surface area contributed by atoms with E-state index < -0.39 is 5.91 Å². The molecular weight excluding hydrogens is 342 g/mol. The van der Waals surface area contributed by atoms with Crippen molar-refractivity contribution in [2.24, 2.45) is 0 Å². The smallest absolute Gasteiger partial charge is 0.273 e. The molecule has 0 aliphatic carbocycles. The highest BCUT2D eigenvalue weighted by atomic mass is 35.5.